The summed E-state index contributed by atoms with van der Waals surface area (Å²) in [5.74, 6) is 2.31. The Morgan fingerprint density at radius 3 is 2.77 bits per heavy atom. The van der Waals surface area contributed by atoms with Gasteiger partial charge in [0.2, 0.25) is 0 Å². The van der Waals surface area contributed by atoms with E-state index in [2.05, 4.69) is 35.8 Å². The van der Waals surface area contributed by atoms with Crippen LogP contribution in [0.1, 0.15) is 56.2 Å². The number of aliphatic imine (C=N–C) groups is 1. The maximum Gasteiger partial charge on any atom is 0.192 e. The van der Waals surface area contributed by atoms with E-state index >= 15 is 0 Å². The third-order valence-electron chi connectivity index (χ3n) is 6.08. The second-order valence-corrected chi connectivity index (χ2v) is 8.09. The lowest BCUT2D eigenvalue weighted by atomic mass is 9.86. The van der Waals surface area contributed by atoms with Crippen LogP contribution in [0, 0.1) is 0 Å². The minimum atomic E-state index is -0.0750. The molecule has 1 heterocycles. The van der Waals surface area contributed by atoms with Gasteiger partial charge < -0.3 is 25.2 Å². The Hall–Kier alpha value is -2.89. The van der Waals surface area contributed by atoms with Gasteiger partial charge in [0.15, 0.2) is 17.5 Å². The molecule has 0 aromatic heterocycles. The number of phenolic OH excluding ortho intramolecular Hbond substituents is 1. The highest BCUT2D eigenvalue weighted by atomic mass is 16.5. The summed E-state index contributed by atoms with van der Waals surface area (Å²) in [5, 5.41) is 17.3. The number of nitrogens with one attached hydrogen (secondary N) is 2. The number of benzene rings is 2. The summed E-state index contributed by atoms with van der Waals surface area (Å²) in [6.07, 6.45) is 5.57. The summed E-state index contributed by atoms with van der Waals surface area (Å²) in [4.78, 5) is 4.74. The van der Waals surface area contributed by atoms with Crippen LogP contribution in [0.4, 0.5) is 0 Å². The van der Waals surface area contributed by atoms with Crippen LogP contribution < -0.4 is 20.1 Å². The number of guanidine groups is 1. The van der Waals surface area contributed by atoms with Crippen molar-refractivity contribution in [3.05, 3.63) is 53.6 Å². The highest BCUT2D eigenvalue weighted by Crippen LogP contribution is 2.47. The number of hydrogen-bond acceptors (Lipinski definition) is 4. The molecule has 1 atom stereocenters. The van der Waals surface area contributed by atoms with E-state index in [1.165, 1.54) is 18.4 Å². The zero-order valence-corrected chi connectivity index (χ0v) is 17.8. The van der Waals surface area contributed by atoms with E-state index < -0.39 is 0 Å². The summed E-state index contributed by atoms with van der Waals surface area (Å²) in [7, 11) is 1.55. The van der Waals surface area contributed by atoms with Crippen molar-refractivity contribution in [3.8, 4) is 17.2 Å². The number of hydrogen-bond donors (Lipinski definition) is 3. The zero-order valence-electron chi connectivity index (χ0n) is 17.8. The molecule has 1 fully saturated rings. The molecule has 2 aliphatic rings. The molecule has 160 valence electrons. The SMILES string of the molecule is CCNC(=NCc1cccc(OC)c1O)NC1CC2(CCCC2)Oc2ccccc21. The molecule has 0 saturated heterocycles. The number of ether oxygens (including phenoxy) is 2. The van der Waals surface area contributed by atoms with E-state index in [0.29, 0.717) is 12.3 Å². The molecule has 6 heteroatoms. The van der Waals surface area contributed by atoms with Crippen LogP contribution >= 0.6 is 0 Å². The van der Waals surface area contributed by atoms with E-state index in [9.17, 15) is 5.11 Å². The van der Waals surface area contributed by atoms with Gasteiger partial charge in [-0.3, -0.25) is 0 Å². The molecule has 2 aromatic rings. The van der Waals surface area contributed by atoms with Crippen molar-refractivity contribution in [1.29, 1.82) is 0 Å². The first kappa shape index (κ1) is 20.4. The lowest BCUT2D eigenvalue weighted by Crippen LogP contribution is -2.46. The fourth-order valence-electron chi connectivity index (χ4n) is 4.58. The van der Waals surface area contributed by atoms with Gasteiger partial charge >= 0.3 is 0 Å². The third kappa shape index (κ3) is 4.18. The molecule has 30 heavy (non-hydrogen) atoms. The monoisotopic (exact) mass is 409 g/mol. The van der Waals surface area contributed by atoms with Crippen LogP contribution in [0.25, 0.3) is 0 Å². The molecule has 0 bridgehead atoms. The summed E-state index contributed by atoms with van der Waals surface area (Å²) >= 11 is 0. The van der Waals surface area contributed by atoms with Crippen LogP contribution in [-0.2, 0) is 6.54 Å². The largest absolute Gasteiger partial charge is 0.504 e. The lowest BCUT2D eigenvalue weighted by Gasteiger charge is -2.40. The number of para-hydroxylation sites is 2. The minimum Gasteiger partial charge on any atom is -0.504 e. The molecule has 1 aliphatic carbocycles. The van der Waals surface area contributed by atoms with E-state index in [1.54, 1.807) is 13.2 Å². The number of methoxy groups -OCH3 is 1. The van der Waals surface area contributed by atoms with Crippen LogP contribution in [0.3, 0.4) is 0 Å². The number of nitrogens with zero attached hydrogens (tertiary/aromatic N) is 1. The van der Waals surface area contributed by atoms with Crippen molar-refractivity contribution in [2.45, 2.75) is 57.2 Å². The van der Waals surface area contributed by atoms with Gasteiger partial charge in [0.05, 0.1) is 19.7 Å². The Morgan fingerprint density at radius 1 is 1.20 bits per heavy atom. The highest BCUT2D eigenvalue weighted by molar-refractivity contribution is 5.80. The second-order valence-electron chi connectivity index (χ2n) is 8.09. The van der Waals surface area contributed by atoms with Gasteiger partial charge in [0.25, 0.3) is 0 Å². The molecule has 1 unspecified atom stereocenters. The summed E-state index contributed by atoms with van der Waals surface area (Å²) in [5.41, 5.74) is 1.82. The summed E-state index contributed by atoms with van der Waals surface area (Å²) in [6, 6.07) is 13.9. The van der Waals surface area contributed by atoms with Crippen molar-refractivity contribution in [1.82, 2.24) is 10.6 Å². The zero-order chi connectivity index (χ0) is 21.0. The lowest BCUT2D eigenvalue weighted by molar-refractivity contribution is 0.0396. The first-order valence-electron chi connectivity index (χ1n) is 10.8. The molecule has 0 amide bonds. The van der Waals surface area contributed by atoms with Crippen LogP contribution in [0.5, 0.6) is 17.2 Å². The van der Waals surface area contributed by atoms with E-state index in [4.69, 9.17) is 14.5 Å². The van der Waals surface area contributed by atoms with Gasteiger partial charge in [-0.2, -0.15) is 0 Å². The average molecular weight is 410 g/mol. The van der Waals surface area contributed by atoms with Crippen molar-refractivity contribution in [2.24, 2.45) is 4.99 Å². The van der Waals surface area contributed by atoms with Gasteiger partial charge in [-0.15, -0.1) is 0 Å². The van der Waals surface area contributed by atoms with Crippen molar-refractivity contribution < 1.29 is 14.6 Å². The summed E-state index contributed by atoms with van der Waals surface area (Å²) in [6.45, 7) is 3.16. The third-order valence-corrected chi connectivity index (χ3v) is 6.08. The molecule has 6 nitrogen and oxygen atoms in total. The smallest absolute Gasteiger partial charge is 0.192 e. The number of phenols is 1. The molecule has 1 aliphatic heterocycles. The molecule has 1 spiro atoms. The normalized spacial score (nSPS) is 19.8. The quantitative estimate of drug-likeness (QED) is 0.507. The predicted octanol–water partition coefficient (Wildman–Crippen LogP) is 4.29. The maximum absolute atomic E-state index is 10.4. The van der Waals surface area contributed by atoms with Gasteiger partial charge in [-0.1, -0.05) is 30.3 Å². The van der Waals surface area contributed by atoms with Crippen LogP contribution in [0.2, 0.25) is 0 Å². The van der Waals surface area contributed by atoms with Crippen LogP contribution in [-0.4, -0.2) is 30.3 Å². The van der Waals surface area contributed by atoms with Gasteiger partial charge in [-0.05, 0) is 44.7 Å². The van der Waals surface area contributed by atoms with Crippen LogP contribution in [0.15, 0.2) is 47.5 Å². The van der Waals surface area contributed by atoms with Gasteiger partial charge in [0.1, 0.15) is 11.4 Å². The van der Waals surface area contributed by atoms with E-state index in [0.717, 1.165) is 43.1 Å². The Bertz CT molecular complexity index is 906. The Balaban J connectivity index is 1.57. The first-order chi connectivity index (χ1) is 14.6. The number of rotatable bonds is 5. The van der Waals surface area contributed by atoms with Crippen molar-refractivity contribution in [2.75, 3.05) is 13.7 Å². The first-order valence-corrected chi connectivity index (χ1v) is 10.8. The standard InChI is InChI=1S/C24H31N3O3/c1-3-25-23(26-16-17-9-8-12-21(29-2)22(17)28)27-19-15-24(13-6-7-14-24)30-20-11-5-4-10-18(19)20/h4-5,8-12,19,28H,3,6-7,13-16H2,1-2H3,(H2,25,26,27). The molecule has 1 saturated carbocycles. The fourth-order valence-corrected chi connectivity index (χ4v) is 4.58. The van der Waals surface area contributed by atoms with Gasteiger partial charge in [0, 0.05) is 24.1 Å². The Kier molecular flexibility index (Phi) is 6.02. The van der Waals surface area contributed by atoms with Crippen molar-refractivity contribution in [3.63, 3.8) is 0 Å². The van der Waals surface area contributed by atoms with Gasteiger partial charge in [-0.25, -0.2) is 4.99 Å². The fraction of sp³-hybridized carbons (Fsp3) is 0.458. The highest BCUT2D eigenvalue weighted by Gasteiger charge is 2.43. The van der Waals surface area contributed by atoms with E-state index in [-0.39, 0.29) is 17.4 Å². The number of aromatic hydroxyl groups is 1. The molecule has 4 rings (SSSR count). The Labute approximate surface area is 178 Å². The molecular weight excluding hydrogens is 378 g/mol. The Morgan fingerprint density at radius 2 is 2.00 bits per heavy atom. The topological polar surface area (TPSA) is 75.1 Å². The predicted molar refractivity (Wildman–Crippen MR) is 118 cm³/mol. The number of fused-ring (bicyclic) bond motifs is 1. The second kappa shape index (κ2) is 8.86. The minimum absolute atomic E-state index is 0.0750. The average Bonchev–Trinajstić information content (AvgIpc) is 3.20. The molecule has 0 radical (unpaired) electrons. The summed E-state index contributed by atoms with van der Waals surface area (Å²) < 4.78 is 11.7. The van der Waals surface area contributed by atoms with Crippen molar-refractivity contribution >= 4 is 5.96 Å². The maximum atomic E-state index is 10.4. The molecule has 2 aromatic carbocycles. The van der Waals surface area contributed by atoms with E-state index in [1.807, 2.05) is 18.2 Å². The molecular formula is C24H31N3O3. The molecule has 3 N–H and O–H groups in total.